The van der Waals surface area contributed by atoms with E-state index in [9.17, 15) is 4.79 Å². The molecule has 1 spiro atoms. The van der Waals surface area contributed by atoms with Crippen LogP contribution in [0.1, 0.15) is 40.0 Å². The second-order valence-corrected chi connectivity index (χ2v) is 4.89. The zero-order chi connectivity index (χ0) is 11.8. The minimum absolute atomic E-state index is 0.153. The van der Waals surface area contributed by atoms with E-state index in [4.69, 9.17) is 14.2 Å². The molecule has 2 heterocycles. The molecule has 0 saturated carbocycles. The molecule has 4 nitrogen and oxygen atoms in total. The van der Waals surface area contributed by atoms with Gasteiger partial charge in [0.1, 0.15) is 5.60 Å². The number of carbonyl (C=O) groups is 1. The zero-order valence-corrected chi connectivity index (χ0v) is 10.2. The third-order valence-electron chi connectivity index (χ3n) is 3.67. The summed E-state index contributed by atoms with van der Waals surface area (Å²) in [5.74, 6) is -0.220. The van der Waals surface area contributed by atoms with Crippen LogP contribution in [0.25, 0.3) is 0 Å². The Bertz CT molecular complexity index is 291. The molecule has 0 aromatic heterocycles. The van der Waals surface area contributed by atoms with E-state index < -0.39 is 0 Å². The monoisotopic (exact) mass is 228 g/mol. The Balaban J connectivity index is 1.99. The van der Waals surface area contributed by atoms with Gasteiger partial charge in [0, 0.05) is 12.8 Å². The summed E-state index contributed by atoms with van der Waals surface area (Å²) in [6, 6.07) is 0. The quantitative estimate of drug-likeness (QED) is 0.544. The highest BCUT2D eigenvalue weighted by molar-refractivity contribution is 5.79. The highest BCUT2D eigenvalue weighted by atomic mass is 16.7. The molecule has 2 aliphatic heterocycles. The number of ether oxygens (including phenoxy) is 3. The Kier molecular flexibility index (Phi) is 2.97. The largest absolute Gasteiger partial charge is 0.464 e. The average Bonchev–Trinajstić information content (AvgIpc) is 2.92. The molecule has 2 aliphatic rings. The SMILES string of the molecule is CCOC(=O)C1OC12CCOC(C)(CC)C2. The van der Waals surface area contributed by atoms with Gasteiger partial charge in [0.25, 0.3) is 0 Å². The Morgan fingerprint density at radius 3 is 2.88 bits per heavy atom. The summed E-state index contributed by atoms with van der Waals surface area (Å²) in [5, 5.41) is 0. The summed E-state index contributed by atoms with van der Waals surface area (Å²) in [4.78, 5) is 11.6. The van der Waals surface area contributed by atoms with Gasteiger partial charge in [0.15, 0.2) is 6.10 Å². The van der Waals surface area contributed by atoms with Gasteiger partial charge in [0.2, 0.25) is 0 Å². The van der Waals surface area contributed by atoms with Crippen molar-refractivity contribution < 1.29 is 19.0 Å². The predicted molar refractivity (Wildman–Crippen MR) is 58.1 cm³/mol. The molecule has 3 unspecified atom stereocenters. The summed E-state index contributed by atoms with van der Waals surface area (Å²) < 4.78 is 16.3. The van der Waals surface area contributed by atoms with Crippen molar-refractivity contribution in [3.8, 4) is 0 Å². The first-order valence-corrected chi connectivity index (χ1v) is 6.04. The van der Waals surface area contributed by atoms with Crippen molar-refractivity contribution >= 4 is 5.97 Å². The fraction of sp³-hybridized carbons (Fsp3) is 0.917. The third-order valence-corrected chi connectivity index (χ3v) is 3.67. The molecule has 3 atom stereocenters. The van der Waals surface area contributed by atoms with Crippen LogP contribution in [0, 0.1) is 0 Å². The van der Waals surface area contributed by atoms with E-state index >= 15 is 0 Å². The molecule has 2 saturated heterocycles. The molecule has 4 heteroatoms. The molecule has 0 bridgehead atoms. The molecular weight excluding hydrogens is 208 g/mol. The van der Waals surface area contributed by atoms with E-state index in [1.165, 1.54) is 0 Å². The average molecular weight is 228 g/mol. The number of carbonyl (C=O) groups excluding carboxylic acids is 1. The second-order valence-electron chi connectivity index (χ2n) is 4.89. The summed E-state index contributed by atoms with van der Waals surface area (Å²) in [5.41, 5.74) is -0.450. The van der Waals surface area contributed by atoms with Crippen LogP contribution in [0.2, 0.25) is 0 Å². The fourth-order valence-corrected chi connectivity index (χ4v) is 2.48. The minimum atomic E-state index is -0.359. The van der Waals surface area contributed by atoms with Gasteiger partial charge >= 0.3 is 5.97 Å². The molecule has 0 aromatic carbocycles. The second kappa shape index (κ2) is 4.00. The highest BCUT2D eigenvalue weighted by Gasteiger charge is 2.64. The van der Waals surface area contributed by atoms with Crippen LogP contribution < -0.4 is 0 Å². The summed E-state index contributed by atoms with van der Waals surface area (Å²) in [6.07, 6.45) is 2.17. The van der Waals surface area contributed by atoms with Crippen molar-refractivity contribution in [3.05, 3.63) is 0 Å². The van der Waals surface area contributed by atoms with E-state index in [2.05, 4.69) is 13.8 Å². The summed E-state index contributed by atoms with van der Waals surface area (Å²) in [6.45, 7) is 7.07. The van der Waals surface area contributed by atoms with Crippen molar-refractivity contribution in [2.24, 2.45) is 0 Å². The van der Waals surface area contributed by atoms with E-state index in [1.54, 1.807) is 0 Å². The van der Waals surface area contributed by atoms with Crippen LogP contribution in [0.15, 0.2) is 0 Å². The number of rotatable bonds is 3. The van der Waals surface area contributed by atoms with Gasteiger partial charge in [0.05, 0.1) is 18.8 Å². The lowest BCUT2D eigenvalue weighted by Crippen LogP contribution is -2.42. The van der Waals surface area contributed by atoms with E-state index in [1.807, 2.05) is 6.92 Å². The maximum atomic E-state index is 11.6. The molecule has 0 aromatic rings. The number of epoxide rings is 1. The normalized spacial score (nSPS) is 42.1. The standard InChI is InChI=1S/C12H20O4/c1-4-11(3)8-12(6-7-15-11)9(16-12)10(13)14-5-2/h9H,4-8H2,1-3H3. The lowest BCUT2D eigenvalue weighted by Gasteiger charge is -2.36. The van der Waals surface area contributed by atoms with E-state index in [0.717, 1.165) is 19.3 Å². The molecule has 0 aliphatic carbocycles. The van der Waals surface area contributed by atoms with Crippen LogP contribution in [-0.4, -0.2) is 36.5 Å². The van der Waals surface area contributed by atoms with Crippen LogP contribution in [0.4, 0.5) is 0 Å². The van der Waals surface area contributed by atoms with Crippen molar-refractivity contribution in [1.29, 1.82) is 0 Å². The molecular formula is C12H20O4. The zero-order valence-electron chi connectivity index (χ0n) is 10.2. The Morgan fingerprint density at radius 2 is 2.25 bits per heavy atom. The van der Waals surface area contributed by atoms with E-state index in [0.29, 0.717) is 13.2 Å². The van der Waals surface area contributed by atoms with Crippen LogP contribution in [0.5, 0.6) is 0 Å². The molecule has 0 radical (unpaired) electrons. The minimum Gasteiger partial charge on any atom is -0.464 e. The lowest BCUT2D eigenvalue weighted by atomic mass is 9.83. The first-order valence-electron chi connectivity index (χ1n) is 6.04. The van der Waals surface area contributed by atoms with Crippen LogP contribution in [0.3, 0.4) is 0 Å². The van der Waals surface area contributed by atoms with Crippen molar-refractivity contribution in [1.82, 2.24) is 0 Å². The molecule has 0 N–H and O–H groups in total. The topological polar surface area (TPSA) is 48.1 Å². The van der Waals surface area contributed by atoms with Gasteiger partial charge in [-0.05, 0) is 20.3 Å². The first-order chi connectivity index (χ1) is 7.55. The number of hydrogen-bond donors (Lipinski definition) is 0. The molecule has 92 valence electrons. The van der Waals surface area contributed by atoms with Gasteiger partial charge in [-0.1, -0.05) is 6.92 Å². The highest BCUT2D eigenvalue weighted by Crippen LogP contribution is 2.50. The molecule has 0 amide bonds. The third kappa shape index (κ3) is 1.96. The molecule has 2 fully saturated rings. The number of hydrogen-bond acceptors (Lipinski definition) is 4. The Labute approximate surface area is 96.2 Å². The van der Waals surface area contributed by atoms with Gasteiger partial charge in [-0.25, -0.2) is 4.79 Å². The Morgan fingerprint density at radius 1 is 1.50 bits per heavy atom. The Hall–Kier alpha value is -0.610. The van der Waals surface area contributed by atoms with Crippen molar-refractivity contribution in [2.45, 2.75) is 57.3 Å². The molecule has 2 rings (SSSR count). The van der Waals surface area contributed by atoms with Gasteiger partial charge in [-0.15, -0.1) is 0 Å². The number of esters is 1. The maximum absolute atomic E-state index is 11.6. The molecule has 16 heavy (non-hydrogen) atoms. The van der Waals surface area contributed by atoms with Crippen molar-refractivity contribution in [2.75, 3.05) is 13.2 Å². The predicted octanol–water partition coefficient (Wildman–Crippen LogP) is 1.67. The van der Waals surface area contributed by atoms with Crippen LogP contribution >= 0.6 is 0 Å². The summed E-state index contributed by atoms with van der Waals surface area (Å²) >= 11 is 0. The smallest absolute Gasteiger partial charge is 0.338 e. The van der Waals surface area contributed by atoms with Gasteiger partial charge < -0.3 is 14.2 Å². The summed E-state index contributed by atoms with van der Waals surface area (Å²) in [7, 11) is 0. The van der Waals surface area contributed by atoms with Crippen LogP contribution in [-0.2, 0) is 19.0 Å². The fourth-order valence-electron chi connectivity index (χ4n) is 2.48. The van der Waals surface area contributed by atoms with E-state index in [-0.39, 0.29) is 23.3 Å². The maximum Gasteiger partial charge on any atom is 0.338 e. The van der Waals surface area contributed by atoms with Gasteiger partial charge in [-0.3, -0.25) is 0 Å². The van der Waals surface area contributed by atoms with Gasteiger partial charge in [-0.2, -0.15) is 0 Å². The first kappa shape index (κ1) is 11.9. The lowest BCUT2D eigenvalue weighted by molar-refractivity contribution is -0.144. The van der Waals surface area contributed by atoms with Crippen molar-refractivity contribution in [3.63, 3.8) is 0 Å².